The number of aromatic nitrogens is 3. The number of carbonyl (C=O) groups excluding carboxylic acids is 1. The summed E-state index contributed by atoms with van der Waals surface area (Å²) in [5, 5.41) is 0.475. The Kier molecular flexibility index (Phi) is 5.33. The number of anilines is 1. The van der Waals surface area contributed by atoms with Crippen LogP contribution in [0.15, 0.2) is 11.5 Å². The number of carbonyl (C=O) groups is 1. The summed E-state index contributed by atoms with van der Waals surface area (Å²) in [5.74, 6) is 0.549. The normalized spacial score (nSPS) is 11.0. The van der Waals surface area contributed by atoms with Crippen molar-refractivity contribution in [1.82, 2.24) is 19.9 Å². The van der Waals surface area contributed by atoms with Gasteiger partial charge in [0.2, 0.25) is 11.9 Å². The molecule has 1 aromatic heterocycles. The number of hydrogen-bond donors (Lipinski definition) is 1. The number of nitrogen functional groups attached to an aromatic ring is 1. The van der Waals surface area contributed by atoms with Crippen LogP contribution < -0.4 is 5.73 Å². The molecule has 18 heavy (non-hydrogen) atoms. The van der Waals surface area contributed by atoms with E-state index >= 15 is 0 Å². The van der Waals surface area contributed by atoms with Crippen molar-refractivity contribution in [2.45, 2.75) is 44.9 Å². The molecular formula is C11H19N5OS. The number of nitrogens with two attached hydrogens (primary N) is 1. The summed E-state index contributed by atoms with van der Waals surface area (Å²) >= 11 is 1.27. The fourth-order valence-electron chi connectivity index (χ4n) is 1.74. The molecule has 1 rings (SSSR count). The van der Waals surface area contributed by atoms with E-state index in [1.165, 1.54) is 18.1 Å². The Balaban J connectivity index is 2.60. The molecular weight excluding hydrogens is 250 g/mol. The zero-order valence-electron chi connectivity index (χ0n) is 11.1. The van der Waals surface area contributed by atoms with Crippen LogP contribution in [0.5, 0.6) is 0 Å². The molecule has 0 bridgehead atoms. The van der Waals surface area contributed by atoms with Crippen molar-refractivity contribution >= 4 is 23.6 Å². The minimum atomic E-state index is 0.0731. The predicted molar refractivity (Wildman–Crippen MR) is 72.1 cm³/mol. The highest BCUT2D eigenvalue weighted by molar-refractivity contribution is 7.99. The van der Waals surface area contributed by atoms with Gasteiger partial charge in [0.1, 0.15) is 6.33 Å². The van der Waals surface area contributed by atoms with Crippen molar-refractivity contribution in [2.24, 2.45) is 0 Å². The maximum Gasteiger partial charge on any atom is 0.233 e. The van der Waals surface area contributed by atoms with Gasteiger partial charge in [0.25, 0.3) is 0 Å². The van der Waals surface area contributed by atoms with E-state index in [0.717, 1.165) is 0 Å². The zero-order chi connectivity index (χ0) is 13.7. The molecule has 0 fully saturated rings. The summed E-state index contributed by atoms with van der Waals surface area (Å²) in [6.07, 6.45) is 1.35. The number of amides is 1. The molecule has 0 radical (unpaired) electrons. The van der Waals surface area contributed by atoms with Crippen LogP contribution in [0, 0.1) is 0 Å². The second kappa shape index (κ2) is 6.53. The standard InChI is InChI=1S/C11H19N5OS/c1-7(2)16(8(3)4)9(17)5-18-11-14-6-13-10(12)15-11/h6-8H,5H2,1-4H3,(H2,12,13,14,15). The highest BCUT2D eigenvalue weighted by atomic mass is 32.2. The molecule has 6 nitrogen and oxygen atoms in total. The lowest BCUT2D eigenvalue weighted by atomic mass is 10.2. The van der Waals surface area contributed by atoms with Crippen LogP contribution in [0.25, 0.3) is 0 Å². The van der Waals surface area contributed by atoms with Crippen LogP contribution in [0.3, 0.4) is 0 Å². The second-order valence-electron chi connectivity index (χ2n) is 4.40. The summed E-state index contributed by atoms with van der Waals surface area (Å²) in [6.45, 7) is 8.01. The fourth-order valence-corrected chi connectivity index (χ4v) is 2.42. The van der Waals surface area contributed by atoms with Gasteiger partial charge in [-0.3, -0.25) is 4.79 Å². The molecule has 0 saturated carbocycles. The fraction of sp³-hybridized carbons (Fsp3) is 0.636. The Morgan fingerprint density at radius 3 is 2.44 bits per heavy atom. The highest BCUT2D eigenvalue weighted by Crippen LogP contribution is 2.15. The van der Waals surface area contributed by atoms with E-state index in [-0.39, 0.29) is 23.9 Å². The predicted octanol–water partition coefficient (Wildman–Crippen LogP) is 1.19. The maximum absolute atomic E-state index is 12.1. The first-order valence-electron chi connectivity index (χ1n) is 5.80. The van der Waals surface area contributed by atoms with Crippen LogP contribution >= 0.6 is 11.8 Å². The van der Waals surface area contributed by atoms with E-state index in [9.17, 15) is 4.79 Å². The number of rotatable bonds is 5. The van der Waals surface area contributed by atoms with Crippen LogP contribution in [-0.2, 0) is 4.79 Å². The molecule has 0 saturated heterocycles. The van der Waals surface area contributed by atoms with Crippen molar-refractivity contribution in [2.75, 3.05) is 11.5 Å². The highest BCUT2D eigenvalue weighted by Gasteiger charge is 2.20. The summed E-state index contributed by atoms with van der Waals surface area (Å²) < 4.78 is 0. The third-order valence-corrected chi connectivity index (χ3v) is 3.14. The van der Waals surface area contributed by atoms with Gasteiger partial charge in [0, 0.05) is 12.1 Å². The molecule has 0 atom stereocenters. The van der Waals surface area contributed by atoms with Crippen LogP contribution in [0.4, 0.5) is 5.95 Å². The topological polar surface area (TPSA) is 85.0 Å². The van der Waals surface area contributed by atoms with Gasteiger partial charge in [-0.05, 0) is 27.7 Å². The number of hydrogen-bond acceptors (Lipinski definition) is 6. The lowest BCUT2D eigenvalue weighted by Crippen LogP contribution is -2.43. The minimum Gasteiger partial charge on any atom is -0.368 e. The van der Waals surface area contributed by atoms with Gasteiger partial charge in [-0.2, -0.15) is 4.98 Å². The van der Waals surface area contributed by atoms with E-state index in [1.807, 2.05) is 32.6 Å². The SMILES string of the molecule is CC(C)N(C(=O)CSc1ncnc(N)n1)C(C)C. The molecule has 100 valence electrons. The summed E-state index contributed by atoms with van der Waals surface area (Å²) in [5.41, 5.74) is 5.45. The Bertz CT molecular complexity index is 402. The van der Waals surface area contributed by atoms with E-state index in [2.05, 4.69) is 15.0 Å². The monoisotopic (exact) mass is 269 g/mol. The summed E-state index contributed by atoms with van der Waals surface area (Å²) in [4.78, 5) is 25.5. The van der Waals surface area contributed by atoms with Crippen molar-refractivity contribution in [3.8, 4) is 0 Å². The zero-order valence-corrected chi connectivity index (χ0v) is 11.9. The molecule has 0 unspecified atom stereocenters. The molecule has 1 amide bonds. The third kappa shape index (κ3) is 4.14. The van der Waals surface area contributed by atoms with Crippen molar-refractivity contribution < 1.29 is 4.79 Å². The van der Waals surface area contributed by atoms with Crippen molar-refractivity contribution in [3.05, 3.63) is 6.33 Å². The summed E-state index contributed by atoms with van der Waals surface area (Å²) in [6, 6.07) is 0.364. The smallest absolute Gasteiger partial charge is 0.233 e. The minimum absolute atomic E-state index is 0.0731. The van der Waals surface area contributed by atoms with Crippen LogP contribution in [0.1, 0.15) is 27.7 Å². The average molecular weight is 269 g/mol. The lowest BCUT2D eigenvalue weighted by Gasteiger charge is -2.30. The Morgan fingerprint density at radius 1 is 1.33 bits per heavy atom. The molecule has 7 heteroatoms. The second-order valence-corrected chi connectivity index (χ2v) is 5.35. The van der Waals surface area contributed by atoms with Gasteiger partial charge < -0.3 is 10.6 Å². The first-order valence-corrected chi connectivity index (χ1v) is 6.78. The quantitative estimate of drug-likeness (QED) is 0.808. The molecule has 0 aliphatic rings. The molecule has 0 aromatic carbocycles. The number of nitrogens with zero attached hydrogens (tertiary/aromatic N) is 4. The third-order valence-electron chi connectivity index (χ3n) is 2.29. The van der Waals surface area contributed by atoms with Gasteiger partial charge in [-0.1, -0.05) is 11.8 Å². The molecule has 1 aromatic rings. The number of thioether (sulfide) groups is 1. The van der Waals surface area contributed by atoms with Gasteiger partial charge >= 0.3 is 0 Å². The van der Waals surface area contributed by atoms with E-state index in [0.29, 0.717) is 10.9 Å². The Labute approximate surface area is 111 Å². The van der Waals surface area contributed by atoms with Gasteiger partial charge in [0.05, 0.1) is 5.75 Å². The first-order chi connectivity index (χ1) is 8.41. The maximum atomic E-state index is 12.1. The van der Waals surface area contributed by atoms with Gasteiger partial charge in [-0.15, -0.1) is 0 Å². The molecule has 2 N–H and O–H groups in total. The van der Waals surface area contributed by atoms with E-state index in [4.69, 9.17) is 5.73 Å². The van der Waals surface area contributed by atoms with Gasteiger partial charge in [0.15, 0.2) is 5.16 Å². The average Bonchev–Trinajstić information content (AvgIpc) is 2.25. The molecule has 0 aliphatic heterocycles. The Hall–Kier alpha value is -1.37. The molecule has 0 aliphatic carbocycles. The van der Waals surface area contributed by atoms with Crippen molar-refractivity contribution in [3.63, 3.8) is 0 Å². The van der Waals surface area contributed by atoms with E-state index < -0.39 is 0 Å². The summed E-state index contributed by atoms with van der Waals surface area (Å²) in [7, 11) is 0. The largest absolute Gasteiger partial charge is 0.368 e. The van der Waals surface area contributed by atoms with Crippen LogP contribution in [-0.4, -0.2) is 43.6 Å². The van der Waals surface area contributed by atoms with Crippen molar-refractivity contribution in [1.29, 1.82) is 0 Å². The Morgan fingerprint density at radius 2 is 1.94 bits per heavy atom. The van der Waals surface area contributed by atoms with Gasteiger partial charge in [-0.25, -0.2) is 9.97 Å². The van der Waals surface area contributed by atoms with Crippen LogP contribution in [0.2, 0.25) is 0 Å². The molecule has 0 spiro atoms. The first kappa shape index (κ1) is 14.7. The molecule has 1 heterocycles. The van der Waals surface area contributed by atoms with E-state index in [1.54, 1.807) is 0 Å². The lowest BCUT2D eigenvalue weighted by molar-refractivity contribution is -0.131.